The van der Waals surface area contributed by atoms with E-state index in [2.05, 4.69) is 0 Å². The van der Waals surface area contributed by atoms with Gasteiger partial charge in [0.25, 0.3) is 0 Å². The molecule has 4 unspecified atom stereocenters. The third-order valence-electron chi connectivity index (χ3n) is 4.73. The predicted octanol–water partition coefficient (Wildman–Crippen LogP) is -0.194. The first-order valence-electron chi connectivity index (χ1n) is 8.20. The maximum atomic E-state index is 6.02. The van der Waals surface area contributed by atoms with Crippen LogP contribution in [0, 0.1) is 0 Å². The van der Waals surface area contributed by atoms with Gasteiger partial charge < -0.3 is 42.6 Å². The largest absolute Gasteiger partial charge is 0.376 e. The van der Waals surface area contributed by atoms with Gasteiger partial charge in [0.1, 0.15) is 36.6 Å². The van der Waals surface area contributed by atoms with Crippen LogP contribution in [0.1, 0.15) is 0 Å². The first-order chi connectivity index (χ1) is 12.1. The van der Waals surface area contributed by atoms with Crippen LogP contribution in [0.25, 0.3) is 0 Å². The van der Waals surface area contributed by atoms with Crippen molar-refractivity contribution in [1.82, 2.24) is 0 Å². The van der Waals surface area contributed by atoms with E-state index >= 15 is 0 Å². The van der Waals surface area contributed by atoms with E-state index in [-0.39, 0.29) is 24.4 Å². The molecule has 25 heavy (non-hydrogen) atoms. The molecule has 2 aliphatic heterocycles. The molecule has 2 fully saturated rings. The van der Waals surface area contributed by atoms with Gasteiger partial charge >= 0.3 is 0 Å². The Kier molecular flexibility index (Phi) is 8.46. The van der Waals surface area contributed by atoms with Crippen LogP contribution in [0.15, 0.2) is 0 Å². The number of hydrogen-bond acceptors (Lipinski definition) is 9. The second kappa shape index (κ2) is 10.1. The minimum atomic E-state index is -0.694. The van der Waals surface area contributed by atoms with Crippen molar-refractivity contribution < 1.29 is 42.6 Å². The van der Waals surface area contributed by atoms with Crippen LogP contribution in [0.2, 0.25) is 0 Å². The summed E-state index contributed by atoms with van der Waals surface area (Å²) in [6.07, 6.45) is -3.50. The van der Waals surface area contributed by atoms with Crippen LogP contribution >= 0.6 is 0 Å². The maximum absolute atomic E-state index is 6.02. The lowest BCUT2D eigenvalue weighted by Gasteiger charge is -2.44. The van der Waals surface area contributed by atoms with Crippen LogP contribution in [0.4, 0.5) is 0 Å². The van der Waals surface area contributed by atoms with Crippen LogP contribution in [0.5, 0.6) is 0 Å². The second-order valence-electron chi connectivity index (χ2n) is 5.89. The summed E-state index contributed by atoms with van der Waals surface area (Å²) in [6, 6.07) is 0. The van der Waals surface area contributed by atoms with Crippen molar-refractivity contribution in [3.05, 3.63) is 0 Å². The zero-order chi connectivity index (χ0) is 18.4. The lowest BCUT2D eigenvalue weighted by Crippen LogP contribution is -2.61. The Morgan fingerprint density at radius 2 is 0.880 bits per heavy atom. The Hall–Kier alpha value is -0.360. The summed E-state index contributed by atoms with van der Waals surface area (Å²) in [4.78, 5) is 0. The Morgan fingerprint density at radius 3 is 1.16 bits per heavy atom. The summed E-state index contributed by atoms with van der Waals surface area (Å²) in [5, 5.41) is 0. The maximum Gasteiger partial charge on any atom is 0.189 e. The molecule has 148 valence electrons. The molecule has 0 radical (unpaired) electrons. The lowest BCUT2D eigenvalue weighted by atomic mass is 10.0. The van der Waals surface area contributed by atoms with Gasteiger partial charge in [-0.25, -0.2) is 0 Å². The molecule has 8 atom stereocenters. The molecule has 2 saturated heterocycles. The van der Waals surface area contributed by atoms with Crippen LogP contribution < -0.4 is 0 Å². The highest BCUT2D eigenvalue weighted by Crippen LogP contribution is 2.29. The SMILES string of the molecule is COC1COC(O[C@H]2OC[C@@H](OC)[C@H](OC)[C@H]2OC)C(OC)C1OC. The standard InChI is InChI=1S/C16H30O9/c1-17-9-7-23-15(13(21-5)11(9)19-3)25-16-14(22-6)12(20-4)10(18-2)8-24-16/h9-16H,7-8H2,1-6H3/t9-,10?,11+,12?,13-,14?,15-,16?/m1/s1. The van der Waals surface area contributed by atoms with Crippen molar-refractivity contribution in [3.63, 3.8) is 0 Å². The zero-order valence-electron chi connectivity index (χ0n) is 15.7. The van der Waals surface area contributed by atoms with Crippen molar-refractivity contribution in [2.45, 2.75) is 49.2 Å². The Labute approximate surface area is 148 Å². The van der Waals surface area contributed by atoms with Crippen molar-refractivity contribution >= 4 is 0 Å². The minimum absolute atomic E-state index is 0.245. The summed E-state index contributed by atoms with van der Waals surface area (Å²) in [6.45, 7) is 0.636. The molecule has 0 spiro atoms. The van der Waals surface area contributed by atoms with Crippen LogP contribution in [-0.4, -0.2) is 105 Å². The van der Waals surface area contributed by atoms with Gasteiger partial charge in [-0.3, -0.25) is 0 Å². The topological polar surface area (TPSA) is 83.1 Å². The van der Waals surface area contributed by atoms with Crippen molar-refractivity contribution in [2.75, 3.05) is 55.9 Å². The molecule has 9 nitrogen and oxygen atoms in total. The van der Waals surface area contributed by atoms with Crippen molar-refractivity contribution in [1.29, 1.82) is 0 Å². The summed E-state index contributed by atoms with van der Waals surface area (Å²) < 4.78 is 50.5. The van der Waals surface area contributed by atoms with Gasteiger partial charge in [-0.1, -0.05) is 0 Å². The lowest BCUT2D eigenvalue weighted by molar-refractivity contribution is -0.359. The first-order valence-corrected chi connectivity index (χ1v) is 8.20. The van der Waals surface area contributed by atoms with Crippen LogP contribution in [0.3, 0.4) is 0 Å². The highest BCUT2D eigenvalue weighted by atomic mass is 16.8. The predicted molar refractivity (Wildman–Crippen MR) is 85.3 cm³/mol. The molecule has 0 amide bonds. The number of ether oxygens (including phenoxy) is 9. The zero-order valence-corrected chi connectivity index (χ0v) is 15.7. The Bertz CT molecular complexity index is 349. The average molecular weight is 366 g/mol. The Balaban J connectivity index is 2.08. The summed E-state index contributed by atoms with van der Waals surface area (Å²) in [5.41, 5.74) is 0. The highest BCUT2D eigenvalue weighted by Gasteiger charge is 2.47. The molecular formula is C16H30O9. The fourth-order valence-electron chi connectivity index (χ4n) is 3.32. The Morgan fingerprint density at radius 1 is 0.520 bits per heavy atom. The van der Waals surface area contributed by atoms with E-state index in [0.29, 0.717) is 13.2 Å². The van der Waals surface area contributed by atoms with Gasteiger partial charge in [0.05, 0.1) is 13.2 Å². The van der Waals surface area contributed by atoms with Gasteiger partial charge in [-0.05, 0) is 0 Å². The van der Waals surface area contributed by atoms with Crippen LogP contribution in [-0.2, 0) is 42.6 Å². The molecule has 0 N–H and O–H groups in total. The molecule has 0 aromatic rings. The molecule has 0 aromatic heterocycles. The minimum Gasteiger partial charge on any atom is -0.376 e. The van der Waals surface area contributed by atoms with E-state index < -0.39 is 24.8 Å². The van der Waals surface area contributed by atoms with Gasteiger partial charge in [0.2, 0.25) is 0 Å². The second-order valence-corrected chi connectivity index (χ2v) is 5.89. The number of methoxy groups -OCH3 is 6. The molecule has 2 rings (SSSR count). The average Bonchev–Trinajstić information content (AvgIpc) is 2.66. The van der Waals surface area contributed by atoms with E-state index in [1.165, 1.54) is 0 Å². The van der Waals surface area contributed by atoms with E-state index in [1.54, 1.807) is 42.7 Å². The third-order valence-corrected chi connectivity index (χ3v) is 4.73. The monoisotopic (exact) mass is 366 g/mol. The normalized spacial score (nSPS) is 42.5. The third kappa shape index (κ3) is 4.49. The number of rotatable bonds is 8. The first kappa shape index (κ1) is 20.9. The summed E-state index contributed by atoms with van der Waals surface area (Å²) in [7, 11) is 9.56. The molecule has 9 heteroatoms. The van der Waals surface area contributed by atoms with Crippen molar-refractivity contribution in [3.8, 4) is 0 Å². The van der Waals surface area contributed by atoms with Gasteiger partial charge in [0, 0.05) is 42.7 Å². The smallest absolute Gasteiger partial charge is 0.189 e. The fourth-order valence-corrected chi connectivity index (χ4v) is 3.32. The van der Waals surface area contributed by atoms with Gasteiger partial charge in [-0.2, -0.15) is 0 Å². The van der Waals surface area contributed by atoms with E-state index in [0.717, 1.165) is 0 Å². The fraction of sp³-hybridized carbons (Fsp3) is 1.00. The highest BCUT2D eigenvalue weighted by molar-refractivity contribution is 4.90. The molecule has 2 heterocycles. The summed E-state index contributed by atoms with van der Waals surface area (Å²) in [5.74, 6) is 0. The van der Waals surface area contributed by atoms with E-state index in [1.807, 2.05) is 0 Å². The van der Waals surface area contributed by atoms with Crippen molar-refractivity contribution in [2.24, 2.45) is 0 Å². The molecule has 0 saturated carbocycles. The molecule has 2 aliphatic rings. The van der Waals surface area contributed by atoms with Gasteiger partial charge in [0.15, 0.2) is 12.6 Å². The van der Waals surface area contributed by atoms with E-state index in [4.69, 9.17) is 42.6 Å². The molecule has 0 bridgehead atoms. The molecule has 0 aliphatic carbocycles. The molecular weight excluding hydrogens is 336 g/mol. The van der Waals surface area contributed by atoms with E-state index in [9.17, 15) is 0 Å². The van der Waals surface area contributed by atoms with Gasteiger partial charge in [-0.15, -0.1) is 0 Å². The summed E-state index contributed by atoms with van der Waals surface area (Å²) >= 11 is 0. The number of hydrogen-bond donors (Lipinski definition) is 0. The molecule has 0 aromatic carbocycles. The quantitative estimate of drug-likeness (QED) is 0.580.